The normalized spacial score (nSPS) is 14.2. The minimum absolute atomic E-state index is 0.145. The van der Waals surface area contributed by atoms with E-state index in [1.165, 1.54) is 0 Å². The molecule has 3 heteroatoms. The molecule has 0 fully saturated rings. The van der Waals surface area contributed by atoms with Crippen molar-refractivity contribution in [3.05, 3.63) is 42.5 Å². The van der Waals surface area contributed by atoms with E-state index in [1.807, 2.05) is 24.3 Å². The molecule has 0 saturated carbocycles. The molecule has 1 aromatic carbocycles. The molecule has 88 valence electrons. The van der Waals surface area contributed by atoms with E-state index in [2.05, 4.69) is 6.58 Å². The molecule has 0 amide bonds. The van der Waals surface area contributed by atoms with Gasteiger partial charge in [-0.3, -0.25) is 0 Å². The summed E-state index contributed by atoms with van der Waals surface area (Å²) in [4.78, 5) is 0. The first-order valence-electron chi connectivity index (χ1n) is 5.09. The molecular formula is C13H18O3. The first kappa shape index (κ1) is 12.7. The molecule has 0 bridgehead atoms. The Morgan fingerprint density at radius 1 is 1.06 bits per heavy atom. The van der Waals surface area contributed by atoms with Gasteiger partial charge in [-0.1, -0.05) is 18.2 Å². The SMILES string of the molecule is C=C[C@H](OC)[C@@H](OC)c1ccc(OC)cc1. The van der Waals surface area contributed by atoms with E-state index < -0.39 is 0 Å². The van der Waals surface area contributed by atoms with Crippen LogP contribution in [0.4, 0.5) is 0 Å². The molecule has 0 unspecified atom stereocenters. The largest absolute Gasteiger partial charge is 0.497 e. The van der Waals surface area contributed by atoms with E-state index in [1.54, 1.807) is 27.4 Å². The van der Waals surface area contributed by atoms with Gasteiger partial charge in [0.1, 0.15) is 18.0 Å². The van der Waals surface area contributed by atoms with Gasteiger partial charge >= 0.3 is 0 Å². The van der Waals surface area contributed by atoms with E-state index in [9.17, 15) is 0 Å². The number of hydrogen-bond acceptors (Lipinski definition) is 3. The van der Waals surface area contributed by atoms with Crippen LogP contribution in [0.25, 0.3) is 0 Å². The van der Waals surface area contributed by atoms with Crippen LogP contribution >= 0.6 is 0 Å². The lowest BCUT2D eigenvalue weighted by Crippen LogP contribution is -2.20. The van der Waals surface area contributed by atoms with Crippen molar-refractivity contribution in [1.82, 2.24) is 0 Å². The fourth-order valence-corrected chi connectivity index (χ4v) is 1.60. The van der Waals surface area contributed by atoms with E-state index in [4.69, 9.17) is 14.2 Å². The van der Waals surface area contributed by atoms with E-state index in [0.29, 0.717) is 0 Å². The summed E-state index contributed by atoms with van der Waals surface area (Å²) < 4.78 is 15.8. The summed E-state index contributed by atoms with van der Waals surface area (Å²) in [6.45, 7) is 3.73. The van der Waals surface area contributed by atoms with E-state index in [0.717, 1.165) is 11.3 Å². The molecule has 3 nitrogen and oxygen atoms in total. The predicted octanol–water partition coefficient (Wildman–Crippen LogP) is 2.58. The zero-order chi connectivity index (χ0) is 12.0. The third kappa shape index (κ3) is 2.84. The number of rotatable bonds is 6. The van der Waals surface area contributed by atoms with E-state index >= 15 is 0 Å². The van der Waals surface area contributed by atoms with Gasteiger partial charge in [-0.15, -0.1) is 6.58 Å². The summed E-state index contributed by atoms with van der Waals surface area (Å²) in [6.07, 6.45) is 1.44. The van der Waals surface area contributed by atoms with Gasteiger partial charge in [-0.25, -0.2) is 0 Å². The molecule has 0 aliphatic carbocycles. The first-order valence-corrected chi connectivity index (χ1v) is 5.09. The minimum Gasteiger partial charge on any atom is -0.497 e. The summed E-state index contributed by atoms with van der Waals surface area (Å²) in [6, 6.07) is 7.72. The van der Waals surface area contributed by atoms with Gasteiger partial charge in [0.15, 0.2) is 0 Å². The zero-order valence-electron chi connectivity index (χ0n) is 9.97. The Hall–Kier alpha value is -1.32. The van der Waals surface area contributed by atoms with Crippen molar-refractivity contribution in [3.8, 4) is 5.75 Å². The Morgan fingerprint density at radius 2 is 1.69 bits per heavy atom. The fraction of sp³-hybridized carbons (Fsp3) is 0.385. The number of methoxy groups -OCH3 is 3. The van der Waals surface area contributed by atoms with Crippen molar-refractivity contribution in [2.75, 3.05) is 21.3 Å². The van der Waals surface area contributed by atoms with Crippen LogP contribution in [-0.2, 0) is 9.47 Å². The Morgan fingerprint density at radius 3 is 2.06 bits per heavy atom. The van der Waals surface area contributed by atoms with Crippen LogP contribution < -0.4 is 4.74 Å². The summed E-state index contributed by atoms with van der Waals surface area (Å²) >= 11 is 0. The molecule has 1 aromatic rings. The standard InChI is InChI=1S/C13H18O3/c1-5-12(15-3)13(16-4)10-6-8-11(14-2)9-7-10/h5-9,12-13H,1H2,2-4H3/t12-,13-/m0/s1. The molecule has 0 N–H and O–H groups in total. The summed E-state index contributed by atoms with van der Waals surface area (Å²) in [5, 5.41) is 0. The van der Waals surface area contributed by atoms with Gasteiger partial charge in [0.05, 0.1) is 7.11 Å². The van der Waals surface area contributed by atoms with Crippen molar-refractivity contribution in [1.29, 1.82) is 0 Å². The Balaban J connectivity index is 2.89. The van der Waals surface area contributed by atoms with Crippen LogP contribution in [0.1, 0.15) is 11.7 Å². The lowest BCUT2D eigenvalue weighted by Gasteiger charge is -2.22. The molecule has 0 saturated heterocycles. The maximum atomic E-state index is 5.42. The maximum Gasteiger partial charge on any atom is 0.118 e. The topological polar surface area (TPSA) is 27.7 Å². The smallest absolute Gasteiger partial charge is 0.118 e. The van der Waals surface area contributed by atoms with Crippen molar-refractivity contribution in [2.24, 2.45) is 0 Å². The van der Waals surface area contributed by atoms with Gasteiger partial charge in [0.2, 0.25) is 0 Å². The van der Waals surface area contributed by atoms with Crippen LogP contribution in [0, 0.1) is 0 Å². The second kappa shape index (κ2) is 6.30. The van der Waals surface area contributed by atoms with Gasteiger partial charge in [0, 0.05) is 14.2 Å². The quantitative estimate of drug-likeness (QED) is 0.692. The molecule has 0 spiro atoms. The molecule has 1 rings (SSSR count). The monoisotopic (exact) mass is 222 g/mol. The van der Waals surface area contributed by atoms with Crippen molar-refractivity contribution in [2.45, 2.75) is 12.2 Å². The molecular weight excluding hydrogens is 204 g/mol. The van der Waals surface area contributed by atoms with Gasteiger partial charge in [-0.05, 0) is 17.7 Å². The Labute approximate surface area is 96.6 Å². The van der Waals surface area contributed by atoms with Crippen LogP contribution in [0.2, 0.25) is 0 Å². The molecule has 0 radical (unpaired) electrons. The molecule has 2 atom stereocenters. The summed E-state index contributed by atoms with van der Waals surface area (Å²) in [7, 11) is 4.94. The fourth-order valence-electron chi connectivity index (χ4n) is 1.60. The Bertz CT molecular complexity index is 318. The number of hydrogen-bond donors (Lipinski definition) is 0. The highest BCUT2D eigenvalue weighted by molar-refractivity contribution is 5.29. The highest BCUT2D eigenvalue weighted by atomic mass is 16.5. The van der Waals surface area contributed by atoms with Gasteiger partial charge in [-0.2, -0.15) is 0 Å². The zero-order valence-corrected chi connectivity index (χ0v) is 9.97. The van der Waals surface area contributed by atoms with Crippen molar-refractivity contribution >= 4 is 0 Å². The molecule has 16 heavy (non-hydrogen) atoms. The third-order valence-electron chi connectivity index (χ3n) is 2.50. The highest BCUT2D eigenvalue weighted by Gasteiger charge is 2.19. The second-order valence-corrected chi connectivity index (χ2v) is 3.37. The summed E-state index contributed by atoms with van der Waals surface area (Å²) in [5.74, 6) is 0.825. The van der Waals surface area contributed by atoms with Crippen molar-refractivity contribution < 1.29 is 14.2 Å². The lowest BCUT2D eigenvalue weighted by atomic mass is 10.0. The summed E-state index contributed by atoms with van der Waals surface area (Å²) in [5.41, 5.74) is 1.04. The molecule has 0 aliphatic rings. The molecule has 0 heterocycles. The third-order valence-corrected chi connectivity index (χ3v) is 2.50. The van der Waals surface area contributed by atoms with Crippen LogP contribution in [0.15, 0.2) is 36.9 Å². The highest BCUT2D eigenvalue weighted by Crippen LogP contribution is 2.25. The lowest BCUT2D eigenvalue weighted by molar-refractivity contribution is -0.0127. The van der Waals surface area contributed by atoms with Gasteiger partial charge in [0.25, 0.3) is 0 Å². The maximum absolute atomic E-state index is 5.42. The minimum atomic E-state index is -0.154. The van der Waals surface area contributed by atoms with Gasteiger partial charge < -0.3 is 14.2 Å². The van der Waals surface area contributed by atoms with Crippen molar-refractivity contribution in [3.63, 3.8) is 0 Å². The predicted molar refractivity (Wildman–Crippen MR) is 63.7 cm³/mol. The average molecular weight is 222 g/mol. The van der Waals surface area contributed by atoms with Crippen LogP contribution in [0.3, 0.4) is 0 Å². The van der Waals surface area contributed by atoms with Crippen LogP contribution in [-0.4, -0.2) is 27.4 Å². The van der Waals surface area contributed by atoms with Crippen LogP contribution in [0.5, 0.6) is 5.75 Å². The number of ether oxygens (including phenoxy) is 3. The molecule has 0 aliphatic heterocycles. The Kier molecular flexibility index (Phi) is 5.02. The molecule has 0 aromatic heterocycles. The number of benzene rings is 1. The van der Waals surface area contributed by atoms with E-state index in [-0.39, 0.29) is 12.2 Å². The average Bonchev–Trinajstić information content (AvgIpc) is 2.36. The first-order chi connectivity index (χ1) is 7.76. The second-order valence-electron chi connectivity index (χ2n) is 3.37.